The Morgan fingerprint density at radius 3 is 2.48 bits per heavy atom. The summed E-state index contributed by atoms with van der Waals surface area (Å²) in [5, 5.41) is 12.5. The van der Waals surface area contributed by atoms with Gasteiger partial charge in [0.2, 0.25) is 0 Å². The number of nitrogens with zero attached hydrogens (tertiary/aromatic N) is 1. The van der Waals surface area contributed by atoms with Crippen LogP contribution in [0.1, 0.15) is 75.9 Å². The molecule has 0 radical (unpaired) electrons. The van der Waals surface area contributed by atoms with Crippen molar-refractivity contribution < 1.29 is 24.2 Å². The van der Waals surface area contributed by atoms with Gasteiger partial charge in [-0.2, -0.15) is 0 Å². The number of ether oxygens (including phenoxy) is 1. The molecular weight excluding hydrogens is 552 g/mol. The van der Waals surface area contributed by atoms with E-state index in [9.17, 15) is 19.5 Å². The first kappa shape index (κ1) is 28.9. The van der Waals surface area contributed by atoms with Crippen LogP contribution in [0.3, 0.4) is 0 Å². The van der Waals surface area contributed by atoms with Gasteiger partial charge >= 0.3 is 0 Å². The number of aliphatic hydroxyl groups is 1. The summed E-state index contributed by atoms with van der Waals surface area (Å²) in [5.74, 6) is 1.27. The summed E-state index contributed by atoms with van der Waals surface area (Å²) in [4.78, 5) is 40.7. The SMILES string of the molecule is O=Cc1ccc(-c2ccc(CCNC(=O)c3ccc4c5c3OC(C(=O)CCCO)C53CCN(CC5CC5)C(C4)C3)cc2)cc1. The van der Waals surface area contributed by atoms with Crippen LogP contribution in [0.25, 0.3) is 11.1 Å². The normalized spacial score (nSPS) is 23.5. The Labute approximate surface area is 258 Å². The van der Waals surface area contributed by atoms with Crippen molar-refractivity contribution in [2.24, 2.45) is 5.92 Å². The van der Waals surface area contributed by atoms with E-state index in [-0.39, 0.29) is 24.7 Å². The number of aldehydes is 1. The molecule has 7 nitrogen and oxygen atoms in total. The summed E-state index contributed by atoms with van der Waals surface area (Å²) in [6.07, 6.45) is 6.95. The van der Waals surface area contributed by atoms with E-state index in [0.29, 0.717) is 42.3 Å². The molecule has 3 aromatic rings. The molecule has 2 aliphatic carbocycles. The number of rotatable bonds is 12. The predicted molar refractivity (Wildman–Crippen MR) is 168 cm³/mol. The van der Waals surface area contributed by atoms with E-state index in [2.05, 4.69) is 40.5 Å². The van der Waals surface area contributed by atoms with Crippen molar-refractivity contribution in [1.82, 2.24) is 10.2 Å². The van der Waals surface area contributed by atoms with Gasteiger partial charge in [0.15, 0.2) is 11.9 Å². The first-order valence-corrected chi connectivity index (χ1v) is 16.1. The monoisotopic (exact) mass is 592 g/mol. The van der Waals surface area contributed by atoms with Crippen LogP contribution >= 0.6 is 0 Å². The van der Waals surface area contributed by atoms with Gasteiger partial charge < -0.3 is 15.2 Å². The molecule has 1 spiro atoms. The van der Waals surface area contributed by atoms with Crippen molar-refractivity contribution in [1.29, 1.82) is 0 Å². The fraction of sp³-hybridized carbons (Fsp3) is 0.432. The highest BCUT2D eigenvalue weighted by Crippen LogP contribution is 2.57. The van der Waals surface area contributed by atoms with Crippen LogP contribution in [0.2, 0.25) is 0 Å². The van der Waals surface area contributed by atoms with E-state index in [1.54, 1.807) is 0 Å². The standard InChI is InChI=1S/C37H40N2O5/c40-19-1-2-32(42)35-37-16-18-39(22-25-3-4-25)30(21-37)20-29-13-14-31(34(44-35)33(29)37)36(43)38-17-15-24-5-9-27(10-6-24)28-11-7-26(23-41)8-12-28/h5-14,23,25,30,35,40H,1-4,15-22H2,(H,38,43). The number of carbonyl (C=O) groups is 3. The number of hydrogen-bond donors (Lipinski definition) is 2. The third-order valence-corrected chi connectivity index (χ3v) is 10.2. The largest absolute Gasteiger partial charge is 0.481 e. The number of likely N-dealkylation sites (tertiary alicyclic amines) is 1. The van der Waals surface area contributed by atoms with Crippen molar-refractivity contribution in [2.45, 2.75) is 68.9 Å². The van der Waals surface area contributed by atoms with E-state index in [1.165, 1.54) is 18.4 Å². The molecule has 0 aromatic heterocycles. The molecule has 7 heteroatoms. The molecule has 1 saturated heterocycles. The Balaban J connectivity index is 1.07. The highest BCUT2D eigenvalue weighted by Gasteiger charge is 2.59. The van der Waals surface area contributed by atoms with Crippen molar-refractivity contribution in [3.8, 4) is 16.9 Å². The van der Waals surface area contributed by atoms with Crippen LogP contribution in [0.4, 0.5) is 0 Å². The number of carbonyl (C=O) groups excluding carboxylic acids is 3. The smallest absolute Gasteiger partial charge is 0.255 e. The number of benzene rings is 3. The lowest BCUT2D eigenvalue weighted by atomic mass is 9.61. The molecule has 228 valence electrons. The molecule has 2 fully saturated rings. The Kier molecular flexibility index (Phi) is 7.85. The van der Waals surface area contributed by atoms with E-state index >= 15 is 0 Å². The number of piperidine rings is 1. The number of aliphatic hydroxyl groups excluding tert-OH is 1. The minimum atomic E-state index is -0.601. The molecule has 2 bridgehead atoms. The Bertz CT molecular complexity index is 1560. The number of nitrogens with one attached hydrogen (secondary N) is 1. The van der Waals surface area contributed by atoms with Crippen LogP contribution in [0.5, 0.6) is 5.75 Å². The van der Waals surface area contributed by atoms with Gasteiger partial charge in [0, 0.05) is 48.7 Å². The Morgan fingerprint density at radius 2 is 1.77 bits per heavy atom. The van der Waals surface area contributed by atoms with Crippen LogP contribution in [-0.4, -0.2) is 66.4 Å². The fourth-order valence-electron chi connectivity index (χ4n) is 7.76. The highest BCUT2D eigenvalue weighted by atomic mass is 16.5. The summed E-state index contributed by atoms with van der Waals surface area (Å²) in [5.41, 5.74) is 6.30. The maximum atomic E-state index is 13.6. The molecule has 4 aliphatic rings. The third kappa shape index (κ3) is 5.37. The van der Waals surface area contributed by atoms with Gasteiger partial charge in [-0.15, -0.1) is 0 Å². The van der Waals surface area contributed by atoms with E-state index in [1.807, 2.05) is 30.3 Å². The molecule has 2 aliphatic heterocycles. The molecule has 2 N–H and O–H groups in total. The van der Waals surface area contributed by atoms with Gasteiger partial charge in [-0.05, 0) is 85.7 Å². The minimum Gasteiger partial charge on any atom is -0.481 e. The van der Waals surface area contributed by atoms with E-state index < -0.39 is 11.5 Å². The molecule has 2 heterocycles. The average Bonchev–Trinajstić information content (AvgIpc) is 3.82. The molecule has 3 aromatic carbocycles. The molecule has 1 amide bonds. The predicted octanol–water partition coefficient (Wildman–Crippen LogP) is 4.91. The molecular formula is C37H40N2O5. The first-order chi connectivity index (χ1) is 21.5. The quantitative estimate of drug-likeness (QED) is 0.290. The maximum absolute atomic E-state index is 13.6. The van der Waals surface area contributed by atoms with Crippen molar-refractivity contribution in [3.63, 3.8) is 0 Å². The lowest BCUT2D eigenvalue weighted by molar-refractivity contribution is -0.129. The topological polar surface area (TPSA) is 95.9 Å². The lowest BCUT2D eigenvalue weighted by Crippen LogP contribution is -2.58. The zero-order valence-corrected chi connectivity index (χ0v) is 25.1. The van der Waals surface area contributed by atoms with Crippen molar-refractivity contribution in [2.75, 3.05) is 26.2 Å². The second-order valence-electron chi connectivity index (χ2n) is 13.1. The zero-order chi connectivity index (χ0) is 30.3. The second kappa shape index (κ2) is 11.9. The summed E-state index contributed by atoms with van der Waals surface area (Å²) >= 11 is 0. The molecule has 7 rings (SSSR count). The third-order valence-electron chi connectivity index (χ3n) is 10.2. The van der Waals surface area contributed by atoms with Crippen molar-refractivity contribution in [3.05, 3.63) is 88.5 Å². The molecule has 1 saturated carbocycles. The second-order valence-corrected chi connectivity index (χ2v) is 13.1. The van der Waals surface area contributed by atoms with Crippen molar-refractivity contribution >= 4 is 18.0 Å². The van der Waals surface area contributed by atoms with Gasteiger partial charge in [0.25, 0.3) is 5.91 Å². The van der Waals surface area contributed by atoms with Gasteiger partial charge in [-0.25, -0.2) is 0 Å². The van der Waals surface area contributed by atoms with Crippen LogP contribution < -0.4 is 10.1 Å². The number of Topliss-reactive ketones (excluding diaryl/α,β-unsaturated/α-hetero) is 1. The Morgan fingerprint density at radius 1 is 1.02 bits per heavy atom. The van der Waals surface area contributed by atoms with E-state index in [4.69, 9.17) is 4.74 Å². The average molecular weight is 593 g/mol. The van der Waals surface area contributed by atoms with Gasteiger partial charge in [0.05, 0.1) is 5.56 Å². The highest BCUT2D eigenvalue weighted by molar-refractivity contribution is 5.99. The number of amides is 1. The summed E-state index contributed by atoms with van der Waals surface area (Å²) in [6.45, 7) is 2.55. The van der Waals surface area contributed by atoms with Crippen LogP contribution in [0, 0.1) is 5.92 Å². The summed E-state index contributed by atoms with van der Waals surface area (Å²) in [6, 6.07) is 20.1. The van der Waals surface area contributed by atoms with Crippen LogP contribution in [-0.2, 0) is 23.1 Å². The van der Waals surface area contributed by atoms with Gasteiger partial charge in [0.1, 0.15) is 12.0 Å². The Hall–Kier alpha value is -3.81. The zero-order valence-electron chi connectivity index (χ0n) is 25.1. The molecule has 3 unspecified atom stereocenters. The van der Waals surface area contributed by atoms with Gasteiger partial charge in [-0.3, -0.25) is 19.3 Å². The summed E-state index contributed by atoms with van der Waals surface area (Å²) < 4.78 is 6.55. The number of fused-ring (bicyclic) bond motifs is 1. The summed E-state index contributed by atoms with van der Waals surface area (Å²) in [7, 11) is 0. The van der Waals surface area contributed by atoms with E-state index in [0.717, 1.165) is 66.8 Å². The fourth-order valence-corrected chi connectivity index (χ4v) is 7.76. The number of ketones is 1. The van der Waals surface area contributed by atoms with Gasteiger partial charge in [-0.1, -0.05) is 54.6 Å². The maximum Gasteiger partial charge on any atom is 0.255 e. The van der Waals surface area contributed by atoms with Crippen LogP contribution in [0.15, 0.2) is 60.7 Å². The lowest BCUT2D eigenvalue weighted by Gasteiger charge is -2.50. The first-order valence-electron chi connectivity index (χ1n) is 16.1. The molecule has 44 heavy (non-hydrogen) atoms. The number of hydrogen-bond acceptors (Lipinski definition) is 6. The molecule has 3 atom stereocenters. The minimum absolute atomic E-state index is 0.0215.